The molecule has 0 atom stereocenters. The van der Waals surface area contributed by atoms with Crippen molar-refractivity contribution in [3.8, 4) is 0 Å². The zero-order valence-corrected chi connectivity index (χ0v) is 11.0. The summed E-state index contributed by atoms with van der Waals surface area (Å²) in [5, 5.41) is 2.73. The van der Waals surface area contributed by atoms with Crippen LogP contribution in [0.2, 0.25) is 0 Å². The first kappa shape index (κ1) is 13.0. The van der Waals surface area contributed by atoms with Crippen molar-refractivity contribution in [2.75, 3.05) is 19.4 Å². The lowest BCUT2D eigenvalue weighted by molar-refractivity contribution is -0.115. The van der Waals surface area contributed by atoms with Gasteiger partial charge < -0.3 is 5.32 Å². The molecule has 0 fully saturated rings. The van der Waals surface area contributed by atoms with Gasteiger partial charge in [-0.05, 0) is 17.2 Å². The zero-order chi connectivity index (χ0) is 13.3. The Hall–Kier alpha value is -1.44. The number of rotatable bonds is 4. The van der Waals surface area contributed by atoms with E-state index in [2.05, 4.69) is 10.0 Å². The molecule has 2 rings (SSSR count). The maximum atomic E-state index is 11.5. The van der Waals surface area contributed by atoms with Crippen LogP contribution in [0.1, 0.15) is 11.1 Å². The van der Waals surface area contributed by atoms with Gasteiger partial charge in [0.2, 0.25) is 5.91 Å². The Labute approximate surface area is 106 Å². The van der Waals surface area contributed by atoms with Gasteiger partial charge in [0, 0.05) is 26.3 Å². The van der Waals surface area contributed by atoms with E-state index in [-0.39, 0.29) is 12.5 Å². The van der Waals surface area contributed by atoms with E-state index in [0.29, 0.717) is 6.42 Å². The number of benzene rings is 1. The highest BCUT2D eigenvalue weighted by atomic mass is 32.2. The van der Waals surface area contributed by atoms with Crippen LogP contribution in [-0.4, -0.2) is 32.7 Å². The van der Waals surface area contributed by atoms with Gasteiger partial charge in [0.1, 0.15) is 0 Å². The summed E-state index contributed by atoms with van der Waals surface area (Å²) in [5.74, 6) is -0.0315. The van der Waals surface area contributed by atoms with E-state index in [4.69, 9.17) is 0 Å². The minimum atomic E-state index is -3.42. The summed E-state index contributed by atoms with van der Waals surface area (Å²) >= 11 is 0. The lowest BCUT2D eigenvalue weighted by atomic mass is 10.1. The monoisotopic (exact) mass is 269 g/mol. The first-order valence-corrected chi connectivity index (χ1v) is 6.91. The standard InChI is InChI=1S/C11H15N3O3S/c1-14(2)18(16,17)12-7-8-3-4-10-9(5-8)6-11(15)13-10/h3-5,12H,6-7H2,1-2H3,(H,13,15). The van der Waals surface area contributed by atoms with Crippen molar-refractivity contribution >= 4 is 21.8 Å². The molecule has 0 aliphatic carbocycles. The molecular weight excluding hydrogens is 254 g/mol. The SMILES string of the molecule is CN(C)S(=O)(=O)NCc1ccc2c(c1)CC(=O)N2. The summed E-state index contributed by atoms with van der Waals surface area (Å²) < 4.78 is 26.7. The highest BCUT2D eigenvalue weighted by molar-refractivity contribution is 7.87. The zero-order valence-electron chi connectivity index (χ0n) is 10.2. The van der Waals surface area contributed by atoms with Crippen LogP contribution in [0, 0.1) is 0 Å². The van der Waals surface area contributed by atoms with Crippen molar-refractivity contribution in [3.63, 3.8) is 0 Å². The molecule has 1 aliphatic rings. The highest BCUT2D eigenvalue weighted by Crippen LogP contribution is 2.23. The average Bonchev–Trinajstić information content (AvgIpc) is 2.65. The minimum Gasteiger partial charge on any atom is -0.326 e. The second-order valence-electron chi connectivity index (χ2n) is 4.32. The fraction of sp³-hybridized carbons (Fsp3) is 0.364. The fourth-order valence-electron chi connectivity index (χ4n) is 1.70. The van der Waals surface area contributed by atoms with Gasteiger partial charge in [-0.25, -0.2) is 0 Å². The number of hydrogen-bond donors (Lipinski definition) is 2. The summed E-state index contributed by atoms with van der Waals surface area (Å²) in [4.78, 5) is 11.2. The quantitative estimate of drug-likeness (QED) is 0.812. The fourth-order valence-corrected chi connectivity index (χ4v) is 2.30. The van der Waals surface area contributed by atoms with Gasteiger partial charge in [-0.2, -0.15) is 17.4 Å². The molecule has 7 heteroatoms. The van der Waals surface area contributed by atoms with Gasteiger partial charge in [-0.15, -0.1) is 0 Å². The van der Waals surface area contributed by atoms with Crippen molar-refractivity contribution in [3.05, 3.63) is 29.3 Å². The molecule has 1 aromatic rings. The number of hydrogen-bond acceptors (Lipinski definition) is 3. The van der Waals surface area contributed by atoms with Gasteiger partial charge in [0.15, 0.2) is 0 Å². The van der Waals surface area contributed by atoms with Crippen LogP contribution < -0.4 is 10.0 Å². The Bertz CT molecular complexity index is 581. The number of nitrogens with one attached hydrogen (secondary N) is 2. The minimum absolute atomic E-state index is 0.0315. The molecule has 0 saturated heterocycles. The number of carbonyl (C=O) groups excluding carboxylic acids is 1. The molecular formula is C11H15N3O3S. The van der Waals surface area contributed by atoms with E-state index in [1.165, 1.54) is 14.1 Å². The first-order valence-electron chi connectivity index (χ1n) is 5.47. The van der Waals surface area contributed by atoms with E-state index in [0.717, 1.165) is 21.1 Å². The van der Waals surface area contributed by atoms with Crippen molar-refractivity contribution in [2.45, 2.75) is 13.0 Å². The summed E-state index contributed by atoms with van der Waals surface area (Å²) in [7, 11) is -0.489. The Morgan fingerprint density at radius 3 is 2.78 bits per heavy atom. The predicted molar refractivity (Wildman–Crippen MR) is 68.2 cm³/mol. The lowest BCUT2D eigenvalue weighted by Crippen LogP contribution is -2.35. The lowest BCUT2D eigenvalue weighted by Gasteiger charge is -2.12. The smallest absolute Gasteiger partial charge is 0.279 e. The molecule has 2 N–H and O–H groups in total. The third-order valence-corrected chi connectivity index (χ3v) is 4.20. The molecule has 18 heavy (non-hydrogen) atoms. The van der Waals surface area contributed by atoms with Crippen LogP contribution in [0.5, 0.6) is 0 Å². The summed E-state index contributed by atoms with van der Waals surface area (Å²) in [6.07, 6.45) is 0.351. The van der Waals surface area contributed by atoms with Crippen molar-refractivity contribution in [1.82, 2.24) is 9.03 Å². The van der Waals surface area contributed by atoms with E-state index < -0.39 is 10.2 Å². The van der Waals surface area contributed by atoms with E-state index in [1.54, 1.807) is 12.1 Å². The van der Waals surface area contributed by atoms with Crippen molar-refractivity contribution in [2.24, 2.45) is 0 Å². The molecule has 0 radical (unpaired) electrons. The Morgan fingerprint density at radius 2 is 2.11 bits per heavy atom. The average molecular weight is 269 g/mol. The molecule has 1 amide bonds. The molecule has 1 aliphatic heterocycles. The predicted octanol–water partition coefficient (Wildman–Crippen LogP) is 0.0772. The van der Waals surface area contributed by atoms with Crippen LogP contribution in [-0.2, 0) is 28.0 Å². The topological polar surface area (TPSA) is 78.5 Å². The molecule has 6 nitrogen and oxygen atoms in total. The van der Waals surface area contributed by atoms with E-state index in [9.17, 15) is 13.2 Å². The molecule has 0 spiro atoms. The number of amides is 1. The van der Waals surface area contributed by atoms with E-state index in [1.807, 2.05) is 6.07 Å². The van der Waals surface area contributed by atoms with E-state index >= 15 is 0 Å². The molecule has 0 bridgehead atoms. The molecule has 98 valence electrons. The maximum Gasteiger partial charge on any atom is 0.279 e. The number of fused-ring (bicyclic) bond motifs is 1. The normalized spacial score (nSPS) is 14.7. The Morgan fingerprint density at radius 1 is 1.39 bits per heavy atom. The van der Waals surface area contributed by atoms with Crippen LogP contribution in [0.15, 0.2) is 18.2 Å². The van der Waals surface area contributed by atoms with Gasteiger partial charge in [0.05, 0.1) is 6.42 Å². The van der Waals surface area contributed by atoms with Gasteiger partial charge in [-0.1, -0.05) is 12.1 Å². The van der Waals surface area contributed by atoms with Gasteiger partial charge in [0.25, 0.3) is 10.2 Å². The van der Waals surface area contributed by atoms with Gasteiger partial charge in [-0.3, -0.25) is 4.79 Å². The first-order chi connectivity index (χ1) is 8.38. The molecule has 1 heterocycles. The second-order valence-corrected chi connectivity index (χ2v) is 6.29. The molecule has 0 saturated carbocycles. The summed E-state index contributed by atoms with van der Waals surface area (Å²) in [6.45, 7) is 0.210. The Balaban J connectivity index is 2.09. The number of anilines is 1. The molecule has 0 aromatic heterocycles. The number of nitrogens with zero attached hydrogens (tertiary/aromatic N) is 1. The molecule has 1 aromatic carbocycles. The maximum absolute atomic E-state index is 11.5. The highest BCUT2D eigenvalue weighted by Gasteiger charge is 2.18. The summed E-state index contributed by atoms with van der Waals surface area (Å²) in [5.41, 5.74) is 2.54. The van der Waals surface area contributed by atoms with Crippen molar-refractivity contribution in [1.29, 1.82) is 0 Å². The van der Waals surface area contributed by atoms with Gasteiger partial charge >= 0.3 is 0 Å². The Kier molecular flexibility index (Phi) is 3.38. The van der Waals surface area contributed by atoms with Crippen LogP contribution in [0.25, 0.3) is 0 Å². The van der Waals surface area contributed by atoms with Crippen LogP contribution >= 0.6 is 0 Å². The van der Waals surface area contributed by atoms with Crippen LogP contribution in [0.3, 0.4) is 0 Å². The third kappa shape index (κ3) is 2.69. The largest absolute Gasteiger partial charge is 0.326 e. The second kappa shape index (κ2) is 4.68. The number of carbonyl (C=O) groups is 1. The summed E-state index contributed by atoms with van der Waals surface area (Å²) in [6, 6.07) is 5.42. The van der Waals surface area contributed by atoms with Crippen LogP contribution in [0.4, 0.5) is 5.69 Å². The third-order valence-electron chi connectivity index (χ3n) is 2.73. The van der Waals surface area contributed by atoms with Crippen molar-refractivity contribution < 1.29 is 13.2 Å². The molecule has 0 unspecified atom stereocenters.